The number of hydrogen-bond acceptors (Lipinski definition) is 2. The molecule has 2 aromatic rings. The molecule has 0 radical (unpaired) electrons. The first kappa shape index (κ1) is 14.8. The van der Waals surface area contributed by atoms with Crippen molar-refractivity contribution in [2.75, 3.05) is 7.11 Å². The van der Waals surface area contributed by atoms with Crippen molar-refractivity contribution in [3.05, 3.63) is 64.6 Å². The second-order valence-corrected chi connectivity index (χ2v) is 4.64. The van der Waals surface area contributed by atoms with Crippen molar-refractivity contribution >= 4 is 18.9 Å². The standard InChI is InChI=1S/C19H18O2/c1-4-5-7-15-8-6-9-18(14(15)2)16-10-11-17(13-20)19(12-16)21-3/h4-13H,2H2,1,3H3/b5-4-,15-7-. The summed E-state index contributed by atoms with van der Waals surface area (Å²) in [6, 6.07) is 11.6. The van der Waals surface area contributed by atoms with Gasteiger partial charge in [-0.3, -0.25) is 4.79 Å². The molecule has 0 atom stereocenters. The molecular formula is C19H18O2. The summed E-state index contributed by atoms with van der Waals surface area (Å²) in [4.78, 5) is 11.0. The second-order valence-electron chi connectivity index (χ2n) is 4.64. The normalized spacial score (nSPS) is 11.8. The number of rotatable bonds is 4. The third-order valence-electron chi connectivity index (χ3n) is 3.35. The molecule has 0 aromatic heterocycles. The molecule has 0 spiro atoms. The maximum atomic E-state index is 11.0. The second kappa shape index (κ2) is 6.71. The molecule has 0 amide bonds. The van der Waals surface area contributed by atoms with Crippen LogP contribution in [-0.2, 0) is 0 Å². The van der Waals surface area contributed by atoms with Crippen molar-refractivity contribution < 1.29 is 9.53 Å². The SMILES string of the molecule is C=c1c(-c2ccc(C=O)c(OC)c2)ccc/c1=C/C=C\C. The zero-order valence-corrected chi connectivity index (χ0v) is 12.3. The van der Waals surface area contributed by atoms with Crippen molar-refractivity contribution in [2.24, 2.45) is 0 Å². The van der Waals surface area contributed by atoms with Gasteiger partial charge in [0.25, 0.3) is 0 Å². The number of ether oxygens (including phenoxy) is 1. The lowest BCUT2D eigenvalue weighted by Gasteiger charge is -2.08. The van der Waals surface area contributed by atoms with Crippen LogP contribution in [-0.4, -0.2) is 13.4 Å². The van der Waals surface area contributed by atoms with Crippen LogP contribution < -0.4 is 15.2 Å². The third kappa shape index (κ3) is 3.11. The van der Waals surface area contributed by atoms with Crippen LogP contribution in [0.15, 0.2) is 48.6 Å². The highest BCUT2D eigenvalue weighted by atomic mass is 16.5. The van der Waals surface area contributed by atoms with Crippen molar-refractivity contribution in [1.82, 2.24) is 0 Å². The fraction of sp³-hybridized carbons (Fsp3) is 0.105. The monoisotopic (exact) mass is 278 g/mol. The van der Waals surface area contributed by atoms with Crippen LogP contribution in [0.5, 0.6) is 5.75 Å². The van der Waals surface area contributed by atoms with Gasteiger partial charge in [-0.05, 0) is 40.6 Å². The Kier molecular flexibility index (Phi) is 4.72. The molecule has 21 heavy (non-hydrogen) atoms. The van der Waals surface area contributed by atoms with Crippen molar-refractivity contribution in [3.8, 4) is 16.9 Å². The van der Waals surface area contributed by atoms with Gasteiger partial charge in [-0.25, -0.2) is 0 Å². The van der Waals surface area contributed by atoms with Crippen LogP contribution in [0.2, 0.25) is 0 Å². The Labute approximate surface area is 124 Å². The number of hydrogen-bond donors (Lipinski definition) is 0. The summed E-state index contributed by atoms with van der Waals surface area (Å²) >= 11 is 0. The van der Waals surface area contributed by atoms with E-state index in [1.807, 2.05) is 55.5 Å². The van der Waals surface area contributed by atoms with E-state index in [-0.39, 0.29) is 0 Å². The van der Waals surface area contributed by atoms with Gasteiger partial charge >= 0.3 is 0 Å². The van der Waals surface area contributed by atoms with Gasteiger partial charge in [-0.15, -0.1) is 0 Å². The summed E-state index contributed by atoms with van der Waals surface area (Å²) in [5.74, 6) is 0.574. The molecule has 0 heterocycles. The molecule has 0 saturated heterocycles. The Hall–Kier alpha value is -2.61. The number of carbonyl (C=O) groups is 1. The first-order valence-corrected chi connectivity index (χ1v) is 6.76. The van der Waals surface area contributed by atoms with Crippen molar-refractivity contribution in [2.45, 2.75) is 6.92 Å². The van der Waals surface area contributed by atoms with Gasteiger partial charge in [0.2, 0.25) is 0 Å². The number of methoxy groups -OCH3 is 1. The average Bonchev–Trinajstić information content (AvgIpc) is 2.53. The van der Waals surface area contributed by atoms with Crippen LogP contribution in [0.1, 0.15) is 17.3 Å². The Morgan fingerprint density at radius 3 is 2.67 bits per heavy atom. The van der Waals surface area contributed by atoms with Crippen LogP contribution in [0, 0.1) is 0 Å². The van der Waals surface area contributed by atoms with E-state index in [0.717, 1.165) is 27.9 Å². The third-order valence-corrected chi connectivity index (χ3v) is 3.35. The van der Waals surface area contributed by atoms with Crippen LogP contribution >= 0.6 is 0 Å². The van der Waals surface area contributed by atoms with Gasteiger partial charge in [-0.2, -0.15) is 0 Å². The van der Waals surface area contributed by atoms with Crippen molar-refractivity contribution in [3.63, 3.8) is 0 Å². The summed E-state index contributed by atoms with van der Waals surface area (Å²) in [7, 11) is 1.56. The molecule has 0 saturated carbocycles. The Bertz CT molecular complexity index is 786. The van der Waals surface area contributed by atoms with E-state index in [9.17, 15) is 4.79 Å². The summed E-state index contributed by atoms with van der Waals surface area (Å²) in [6.07, 6.45) is 6.80. The fourth-order valence-electron chi connectivity index (χ4n) is 2.21. The number of benzene rings is 2. The maximum Gasteiger partial charge on any atom is 0.153 e. The summed E-state index contributed by atoms with van der Waals surface area (Å²) in [5, 5.41) is 2.03. The van der Waals surface area contributed by atoms with Crippen molar-refractivity contribution in [1.29, 1.82) is 0 Å². The van der Waals surface area contributed by atoms with E-state index in [2.05, 4.69) is 6.58 Å². The Morgan fingerprint density at radius 2 is 2.00 bits per heavy atom. The number of carbonyl (C=O) groups excluding carboxylic acids is 1. The largest absolute Gasteiger partial charge is 0.496 e. The van der Waals surface area contributed by atoms with Gasteiger partial charge in [-0.1, -0.05) is 49.1 Å². The van der Waals surface area contributed by atoms with Gasteiger partial charge < -0.3 is 4.74 Å². The van der Waals surface area contributed by atoms with E-state index in [0.29, 0.717) is 11.3 Å². The molecule has 106 valence electrons. The topological polar surface area (TPSA) is 26.3 Å². The Balaban J connectivity index is 2.63. The minimum absolute atomic E-state index is 0.545. The molecule has 0 fully saturated rings. The average molecular weight is 278 g/mol. The lowest BCUT2D eigenvalue weighted by Crippen LogP contribution is -2.24. The molecule has 0 unspecified atom stereocenters. The molecule has 2 rings (SSSR count). The first-order valence-electron chi connectivity index (χ1n) is 6.76. The molecule has 0 aliphatic rings. The van der Waals surface area contributed by atoms with E-state index in [1.165, 1.54) is 0 Å². The Morgan fingerprint density at radius 1 is 1.19 bits per heavy atom. The summed E-state index contributed by atoms with van der Waals surface area (Å²) in [5.41, 5.74) is 2.56. The highest BCUT2D eigenvalue weighted by Crippen LogP contribution is 2.24. The molecule has 2 nitrogen and oxygen atoms in total. The van der Waals surface area contributed by atoms with E-state index in [4.69, 9.17) is 4.74 Å². The molecule has 2 aromatic carbocycles. The van der Waals surface area contributed by atoms with E-state index >= 15 is 0 Å². The van der Waals surface area contributed by atoms with Gasteiger partial charge in [0, 0.05) is 0 Å². The highest BCUT2D eigenvalue weighted by Gasteiger charge is 2.06. The molecule has 0 N–H and O–H groups in total. The van der Waals surface area contributed by atoms with E-state index < -0.39 is 0 Å². The number of aldehydes is 1. The summed E-state index contributed by atoms with van der Waals surface area (Å²) < 4.78 is 5.26. The van der Waals surface area contributed by atoms with Crippen LogP contribution in [0.25, 0.3) is 23.8 Å². The molecule has 2 heteroatoms. The smallest absolute Gasteiger partial charge is 0.153 e. The molecule has 0 aliphatic heterocycles. The first-order chi connectivity index (χ1) is 10.2. The quantitative estimate of drug-likeness (QED) is 0.804. The summed E-state index contributed by atoms with van der Waals surface area (Å²) in [6.45, 7) is 6.15. The van der Waals surface area contributed by atoms with E-state index in [1.54, 1.807) is 13.2 Å². The predicted molar refractivity (Wildman–Crippen MR) is 87.9 cm³/mol. The lowest BCUT2D eigenvalue weighted by molar-refractivity contribution is 0.112. The zero-order valence-electron chi connectivity index (χ0n) is 12.3. The van der Waals surface area contributed by atoms with Crippen LogP contribution in [0.3, 0.4) is 0 Å². The zero-order chi connectivity index (χ0) is 15.2. The van der Waals surface area contributed by atoms with Gasteiger partial charge in [0.05, 0.1) is 12.7 Å². The highest BCUT2D eigenvalue weighted by molar-refractivity contribution is 5.82. The molecule has 0 bridgehead atoms. The number of allylic oxidation sites excluding steroid dienone is 2. The molecule has 0 aliphatic carbocycles. The minimum atomic E-state index is 0.545. The molecular weight excluding hydrogens is 260 g/mol. The maximum absolute atomic E-state index is 11.0. The van der Waals surface area contributed by atoms with Crippen LogP contribution in [0.4, 0.5) is 0 Å². The lowest BCUT2D eigenvalue weighted by atomic mass is 10.0. The fourth-order valence-corrected chi connectivity index (χ4v) is 2.21. The minimum Gasteiger partial charge on any atom is -0.496 e. The van der Waals surface area contributed by atoms with Gasteiger partial charge in [0.15, 0.2) is 6.29 Å². The van der Waals surface area contributed by atoms with Gasteiger partial charge in [0.1, 0.15) is 5.75 Å². The predicted octanol–water partition coefficient (Wildman–Crippen LogP) is 2.94.